The van der Waals surface area contributed by atoms with Gasteiger partial charge in [0.25, 0.3) is 0 Å². The van der Waals surface area contributed by atoms with Crippen molar-refractivity contribution in [1.29, 1.82) is 0 Å². The summed E-state index contributed by atoms with van der Waals surface area (Å²) >= 11 is 0. The van der Waals surface area contributed by atoms with Crippen LogP contribution in [0.4, 0.5) is 0 Å². The highest BCUT2D eigenvalue weighted by Gasteiger charge is 2.34. The van der Waals surface area contributed by atoms with E-state index in [-0.39, 0.29) is 5.54 Å². The van der Waals surface area contributed by atoms with E-state index in [1.165, 1.54) is 11.1 Å². The lowest BCUT2D eigenvalue weighted by molar-refractivity contribution is -0.134. The molecule has 1 atom stereocenters. The zero-order chi connectivity index (χ0) is 27.5. The van der Waals surface area contributed by atoms with E-state index in [2.05, 4.69) is 115 Å². The van der Waals surface area contributed by atoms with Crippen LogP contribution in [0.5, 0.6) is 0 Å². The molecule has 196 valence electrons. The van der Waals surface area contributed by atoms with Crippen molar-refractivity contribution in [2.75, 3.05) is 14.1 Å². The number of hydrogen-bond acceptors (Lipinski definition) is 4. The minimum absolute atomic E-state index is 0.126. The lowest BCUT2D eigenvalue weighted by Gasteiger charge is -2.40. The summed E-state index contributed by atoms with van der Waals surface area (Å²) in [6, 6.07) is 31.9. The quantitative estimate of drug-likeness (QED) is 0.276. The second kappa shape index (κ2) is 13.2. The Labute approximate surface area is 223 Å². The van der Waals surface area contributed by atoms with Crippen LogP contribution in [0.1, 0.15) is 18.9 Å². The van der Waals surface area contributed by atoms with E-state index in [4.69, 9.17) is 15.2 Å². The molecule has 3 aromatic carbocycles. The van der Waals surface area contributed by atoms with Crippen LogP contribution in [-0.4, -0.2) is 50.7 Å². The molecule has 1 heterocycles. The molecule has 2 N–H and O–H groups in total. The molecule has 0 fully saturated rings. The first-order valence-electron chi connectivity index (χ1n) is 12.3. The van der Waals surface area contributed by atoms with E-state index in [1.54, 1.807) is 0 Å². The zero-order valence-electron chi connectivity index (χ0n) is 21.9. The van der Waals surface area contributed by atoms with Crippen molar-refractivity contribution in [1.82, 2.24) is 14.5 Å². The number of aromatic nitrogens is 2. The van der Waals surface area contributed by atoms with Crippen LogP contribution in [0.3, 0.4) is 0 Å². The molecule has 4 rings (SSSR count). The monoisotopic (exact) mass is 511 g/mol. The van der Waals surface area contributed by atoms with E-state index in [0.29, 0.717) is 12.2 Å². The second-order valence-electron chi connectivity index (χ2n) is 8.96. The number of aliphatic carboxylic acids is 2. The molecule has 0 saturated heterocycles. The molecular formula is C31H33N3O4. The Morgan fingerprint density at radius 1 is 0.816 bits per heavy atom. The third-order valence-corrected chi connectivity index (χ3v) is 6.48. The number of carboxylic acids is 2. The Kier molecular flexibility index (Phi) is 9.73. The van der Waals surface area contributed by atoms with E-state index < -0.39 is 11.9 Å². The number of benzene rings is 3. The minimum atomic E-state index is -1.26. The lowest BCUT2D eigenvalue weighted by atomic mass is 9.85. The first-order valence-corrected chi connectivity index (χ1v) is 12.3. The topological polar surface area (TPSA) is 95.7 Å². The molecule has 7 heteroatoms. The average Bonchev–Trinajstić information content (AvgIpc) is 3.35. The first kappa shape index (κ1) is 28.1. The molecule has 0 spiro atoms. The molecule has 38 heavy (non-hydrogen) atoms. The lowest BCUT2D eigenvalue weighted by Crippen LogP contribution is -2.44. The minimum Gasteiger partial charge on any atom is -0.478 e. The van der Waals surface area contributed by atoms with Crippen molar-refractivity contribution in [2.24, 2.45) is 0 Å². The number of likely N-dealkylation sites (N-methyl/N-ethyl adjacent to an activating group) is 1. The summed E-state index contributed by atoms with van der Waals surface area (Å²) in [7, 11) is 4.35. The Bertz CT molecular complexity index is 1330. The summed E-state index contributed by atoms with van der Waals surface area (Å²) in [6.45, 7) is 3.09. The molecule has 0 aliphatic heterocycles. The van der Waals surface area contributed by atoms with Gasteiger partial charge in [-0.1, -0.05) is 97.9 Å². The Balaban J connectivity index is 0.000000436. The van der Waals surface area contributed by atoms with Crippen LogP contribution in [0, 0.1) is 0 Å². The van der Waals surface area contributed by atoms with Gasteiger partial charge in [-0.2, -0.15) is 0 Å². The van der Waals surface area contributed by atoms with Gasteiger partial charge < -0.3 is 14.8 Å². The van der Waals surface area contributed by atoms with Crippen LogP contribution in [0.25, 0.3) is 22.5 Å². The van der Waals surface area contributed by atoms with Crippen LogP contribution >= 0.6 is 0 Å². The Morgan fingerprint density at radius 3 is 1.74 bits per heavy atom. The number of carbonyl (C=O) groups is 2. The van der Waals surface area contributed by atoms with Crippen LogP contribution < -0.4 is 0 Å². The summed E-state index contributed by atoms with van der Waals surface area (Å²) < 4.78 is 2.33. The highest BCUT2D eigenvalue weighted by atomic mass is 16.4. The van der Waals surface area contributed by atoms with Crippen LogP contribution in [0.2, 0.25) is 0 Å². The fraction of sp³-hybridized carbons (Fsp3) is 0.194. The predicted octanol–water partition coefficient (Wildman–Crippen LogP) is 5.80. The first-order chi connectivity index (χ1) is 18.3. The third-order valence-electron chi connectivity index (χ3n) is 6.48. The van der Waals surface area contributed by atoms with Gasteiger partial charge in [0.15, 0.2) is 0 Å². The van der Waals surface area contributed by atoms with E-state index in [0.717, 1.165) is 29.9 Å². The second-order valence-corrected chi connectivity index (χ2v) is 8.96. The molecule has 0 bridgehead atoms. The zero-order valence-corrected chi connectivity index (χ0v) is 21.9. The maximum Gasteiger partial charge on any atom is 0.328 e. The molecule has 0 aliphatic rings. The maximum absolute atomic E-state index is 9.55. The summed E-state index contributed by atoms with van der Waals surface area (Å²) in [5.74, 6) is -2.51. The van der Waals surface area contributed by atoms with E-state index >= 15 is 0 Å². The van der Waals surface area contributed by atoms with Crippen molar-refractivity contribution in [3.63, 3.8) is 0 Å². The largest absolute Gasteiger partial charge is 0.478 e. The van der Waals surface area contributed by atoms with E-state index in [9.17, 15) is 9.59 Å². The van der Waals surface area contributed by atoms with Crippen molar-refractivity contribution >= 4 is 11.9 Å². The number of rotatable bonds is 9. The van der Waals surface area contributed by atoms with Gasteiger partial charge in [-0.05, 0) is 26.1 Å². The van der Waals surface area contributed by atoms with Crippen molar-refractivity contribution < 1.29 is 19.8 Å². The molecular weight excluding hydrogens is 478 g/mol. The van der Waals surface area contributed by atoms with Crippen molar-refractivity contribution in [3.8, 4) is 22.5 Å². The number of carboxylic acid groups (broad SMARTS) is 2. The standard InChI is InChI=1S/C27H29N3.C4H4O4/c1-4-27(29(2)3,24-18-12-7-13-19-24)20-30-21-28-25(22-14-8-5-9-15-22)26(30)23-16-10-6-11-17-23;5-3(6)1-2-4(7)8/h5-19,21H,4,20H2,1-3H3;1-2H,(H,5,6)(H,7,8)/b;2-1-. The summed E-state index contributed by atoms with van der Waals surface area (Å²) in [5.41, 5.74) is 5.72. The fourth-order valence-corrected chi connectivity index (χ4v) is 4.50. The van der Waals surface area contributed by atoms with Crippen molar-refractivity contribution in [2.45, 2.75) is 25.4 Å². The molecule has 0 saturated carbocycles. The van der Waals surface area contributed by atoms with Gasteiger partial charge in [-0.25, -0.2) is 14.6 Å². The van der Waals surface area contributed by atoms with Gasteiger partial charge in [0.2, 0.25) is 0 Å². The average molecular weight is 512 g/mol. The van der Waals surface area contributed by atoms with Crippen LogP contribution in [-0.2, 0) is 21.7 Å². The van der Waals surface area contributed by atoms with Gasteiger partial charge in [0.05, 0.1) is 23.3 Å². The number of nitrogens with zero attached hydrogens (tertiary/aromatic N) is 3. The normalized spacial score (nSPS) is 12.5. The van der Waals surface area contributed by atoms with Crippen LogP contribution in [0.15, 0.2) is 109 Å². The van der Waals surface area contributed by atoms with Gasteiger partial charge in [-0.3, -0.25) is 4.90 Å². The molecule has 7 nitrogen and oxygen atoms in total. The van der Waals surface area contributed by atoms with Gasteiger partial charge in [0, 0.05) is 29.8 Å². The third kappa shape index (κ3) is 6.83. The summed E-state index contributed by atoms with van der Waals surface area (Å²) in [6.07, 6.45) is 4.11. The summed E-state index contributed by atoms with van der Waals surface area (Å²) in [4.78, 5) is 26.3. The number of hydrogen-bond donors (Lipinski definition) is 2. The SMILES string of the molecule is CCC(Cn1cnc(-c2ccccc2)c1-c1ccccc1)(c1ccccc1)N(C)C.O=C(O)/C=C\C(=O)O. The molecule has 0 amide bonds. The Morgan fingerprint density at radius 2 is 1.29 bits per heavy atom. The highest BCUT2D eigenvalue weighted by Crippen LogP contribution is 2.37. The van der Waals surface area contributed by atoms with Gasteiger partial charge in [0.1, 0.15) is 0 Å². The van der Waals surface area contributed by atoms with Crippen molar-refractivity contribution in [3.05, 3.63) is 115 Å². The fourth-order valence-electron chi connectivity index (χ4n) is 4.50. The van der Waals surface area contributed by atoms with E-state index in [1.807, 2.05) is 12.4 Å². The molecule has 1 aromatic heterocycles. The Hall–Kier alpha value is -4.49. The molecule has 1 unspecified atom stereocenters. The van der Waals surface area contributed by atoms with Gasteiger partial charge in [-0.15, -0.1) is 0 Å². The molecule has 4 aromatic rings. The molecule has 0 aliphatic carbocycles. The van der Waals surface area contributed by atoms with Gasteiger partial charge >= 0.3 is 11.9 Å². The summed E-state index contributed by atoms with van der Waals surface area (Å²) in [5, 5.41) is 15.6. The smallest absolute Gasteiger partial charge is 0.328 e. The molecule has 0 radical (unpaired) electrons. The maximum atomic E-state index is 9.55. The number of imidazole rings is 1. The predicted molar refractivity (Wildman–Crippen MR) is 150 cm³/mol. The highest BCUT2D eigenvalue weighted by molar-refractivity contribution is 5.89.